The van der Waals surface area contributed by atoms with Gasteiger partial charge in [0.05, 0.1) is 17.5 Å². The van der Waals surface area contributed by atoms with Crippen molar-refractivity contribution in [1.82, 2.24) is 4.72 Å². The Kier molecular flexibility index (Phi) is 9.35. The van der Waals surface area contributed by atoms with Crippen LogP contribution in [0.2, 0.25) is 18.1 Å². The van der Waals surface area contributed by atoms with Gasteiger partial charge in [-0.15, -0.1) is 0 Å². The van der Waals surface area contributed by atoms with Crippen LogP contribution in [0.5, 0.6) is 11.5 Å². The highest BCUT2D eigenvalue weighted by Gasteiger charge is 2.38. The maximum absolute atomic E-state index is 13.0. The fourth-order valence-corrected chi connectivity index (χ4v) is 5.38. The Morgan fingerprint density at radius 2 is 1.31 bits per heavy atom. The summed E-state index contributed by atoms with van der Waals surface area (Å²) in [7, 11) is -5.80. The van der Waals surface area contributed by atoms with Crippen LogP contribution in [0.15, 0.2) is 89.8 Å². The molecule has 0 saturated carbocycles. The molecular weight excluding hydrogens is 490 g/mol. The van der Waals surface area contributed by atoms with E-state index in [-0.39, 0.29) is 23.1 Å². The zero-order valence-electron chi connectivity index (χ0n) is 21.7. The number of hydrogen-bond acceptors (Lipinski definition) is 5. The van der Waals surface area contributed by atoms with Crippen molar-refractivity contribution in [2.24, 2.45) is 0 Å². The standard InChI is InChI=1S/C28H37NO5SSi/c1-28(2,3)36(4,5)34-22-24(29-35(30,31)27-14-10-7-11-15-27)21-33-26-18-16-25(17-19-26)32-20-23-12-8-6-9-13-23/h6-19,24,29H,20-22H2,1-5H3. The first-order valence-corrected chi connectivity index (χ1v) is 16.5. The maximum atomic E-state index is 13.0. The Balaban J connectivity index is 1.65. The summed E-state index contributed by atoms with van der Waals surface area (Å²) >= 11 is 0. The van der Waals surface area contributed by atoms with Gasteiger partial charge in [0.2, 0.25) is 10.0 Å². The van der Waals surface area contributed by atoms with Crippen molar-refractivity contribution < 1.29 is 22.3 Å². The van der Waals surface area contributed by atoms with Gasteiger partial charge in [0.25, 0.3) is 0 Å². The summed E-state index contributed by atoms with van der Waals surface area (Å²) in [4.78, 5) is 0.210. The highest BCUT2D eigenvalue weighted by Crippen LogP contribution is 2.36. The minimum atomic E-state index is -3.72. The number of ether oxygens (including phenoxy) is 2. The third-order valence-electron chi connectivity index (χ3n) is 6.35. The molecule has 3 rings (SSSR count). The molecule has 3 aromatic rings. The summed E-state index contributed by atoms with van der Waals surface area (Å²) in [5, 5.41) is 0.00624. The van der Waals surface area contributed by atoms with Crippen molar-refractivity contribution >= 4 is 18.3 Å². The molecule has 1 atom stereocenters. The highest BCUT2D eigenvalue weighted by molar-refractivity contribution is 7.89. The van der Waals surface area contributed by atoms with Gasteiger partial charge in [0.1, 0.15) is 24.7 Å². The van der Waals surface area contributed by atoms with Crippen molar-refractivity contribution in [2.75, 3.05) is 13.2 Å². The van der Waals surface area contributed by atoms with Gasteiger partial charge in [-0.1, -0.05) is 69.3 Å². The van der Waals surface area contributed by atoms with E-state index in [1.54, 1.807) is 30.3 Å². The maximum Gasteiger partial charge on any atom is 0.241 e. The molecule has 3 aromatic carbocycles. The predicted molar refractivity (Wildman–Crippen MR) is 146 cm³/mol. The fraction of sp³-hybridized carbons (Fsp3) is 0.357. The zero-order valence-corrected chi connectivity index (χ0v) is 23.5. The number of nitrogens with one attached hydrogen (secondary N) is 1. The monoisotopic (exact) mass is 527 g/mol. The van der Waals surface area contributed by atoms with Crippen LogP contribution < -0.4 is 14.2 Å². The van der Waals surface area contributed by atoms with Crippen LogP contribution >= 0.6 is 0 Å². The van der Waals surface area contributed by atoms with E-state index in [0.29, 0.717) is 12.4 Å². The first-order valence-electron chi connectivity index (χ1n) is 12.1. The Hall–Kier alpha value is -2.65. The van der Waals surface area contributed by atoms with E-state index in [4.69, 9.17) is 13.9 Å². The van der Waals surface area contributed by atoms with E-state index < -0.39 is 24.4 Å². The lowest BCUT2D eigenvalue weighted by molar-refractivity contribution is 0.199. The summed E-state index contributed by atoms with van der Waals surface area (Å²) in [6.45, 7) is 11.6. The van der Waals surface area contributed by atoms with Crippen molar-refractivity contribution in [2.45, 2.75) is 56.4 Å². The molecule has 0 heterocycles. The van der Waals surface area contributed by atoms with Crippen molar-refractivity contribution in [1.29, 1.82) is 0 Å². The molecule has 0 fully saturated rings. The minimum Gasteiger partial charge on any atom is -0.492 e. The first-order chi connectivity index (χ1) is 17.0. The molecule has 1 unspecified atom stereocenters. The van der Waals surface area contributed by atoms with Crippen LogP contribution in [0.3, 0.4) is 0 Å². The van der Waals surface area contributed by atoms with Crippen LogP contribution in [0.25, 0.3) is 0 Å². The summed E-state index contributed by atoms with van der Waals surface area (Å²) < 4.78 is 46.9. The summed E-state index contributed by atoms with van der Waals surface area (Å²) in [5.74, 6) is 1.35. The normalized spacial score (nSPS) is 13.2. The van der Waals surface area contributed by atoms with Gasteiger partial charge in [-0.2, -0.15) is 0 Å². The van der Waals surface area contributed by atoms with Gasteiger partial charge >= 0.3 is 0 Å². The average Bonchev–Trinajstić information content (AvgIpc) is 2.85. The van der Waals surface area contributed by atoms with Gasteiger partial charge in [-0.05, 0) is 60.1 Å². The molecule has 0 saturated heterocycles. The molecular formula is C28H37NO5SSi. The van der Waals surface area contributed by atoms with Crippen LogP contribution in [0.1, 0.15) is 26.3 Å². The summed E-state index contributed by atoms with van der Waals surface area (Å²) in [6.07, 6.45) is 0. The van der Waals surface area contributed by atoms with Gasteiger partial charge in [0, 0.05) is 0 Å². The molecule has 0 aliphatic heterocycles. The lowest BCUT2D eigenvalue weighted by Gasteiger charge is -2.37. The topological polar surface area (TPSA) is 73.9 Å². The quantitative estimate of drug-likeness (QED) is 0.292. The Bertz CT molecular complexity index is 1180. The van der Waals surface area contributed by atoms with E-state index in [9.17, 15) is 8.42 Å². The van der Waals surface area contributed by atoms with E-state index in [1.807, 2.05) is 54.6 Å². The summed E-state index contributed by atoms with van der Waals surface area (Å²) in [5.41, 5.74) is 1.09. The van der Waals surface area contributed by atoms with E-state index in [1.165, 1.54) is 0 Å². The highest BCUT2D eigenvalue weighted by atomic mass is 32.2. The van der Waals surface area contributed by atoms with E-state index >= 15 is 0 Å². The Morgan fingerprint density at radius 3 is 1.86 bits per heavy atom. The number of benzene rings is 3. The molecule has 0 aliphatic rings. The molecule has 0 radical (unpaired) electrons. The van der Waals surface area contributed by atoms with Gasteiger partial charge in [-0.3, -0.25) is 0 Å². The van der Waals surface area contributed by atoms with Crippen LogP contribution in [0.4, 0.5) is 0 Å². The second-order valence-corrected chi connectivity index (χ2v) is 16.8. The third kappa shape index (κ3) is 8.20. The number of rotatable bonds is 12. The minimum absolute atomic E-state index is 0.00624. The molecule has 1 N–H and O–H groups in total. The van der Waals surface area contributed by atoms with Crippen molar-refractivity contribution in [3.05, 3.63) is 90.5 Å². The van der Waals surface area contributed by atoms with Gasteiger partial charge < -0.3 is 13.9 Å². The summed E-state index contributed by atoms with van der Waals surface area (Å²) in [6, 6.07) is 25.1. The molecule has 0 spiro atoms. The fourth-order valence-electron chi connectivity index (χ4n) is 3.10. The van der Waals surface area contributed by atoms with Gasteiger partial charge in [-0.25, -0.2) is 13.1 Å². The molecule has 36 heavy (non-hydrogen) atoms. The average molecular weight is 528 g/mol. The van der Waals surface area contributed by atoms with E-state index in [0.717, 1.165) is 11.3 Å². The molecule has 0 bridgehead atoms. The molecule has 6 nitrogen and oxygen atoms in total. The lowest BCUT2D eigenvalue weighted by atomic mass is 10.2. The Labute approximate surface area is 216 Å². The lowest BCUT2D eigenvalue weighted by Crippen LogP contribution is -2.48. The molecule has 0 aliphatic carbocycles. The van der Waals surface area contributed by atoms with Crippen molar-refractivity contribution in [3.8, 4) is 11.5 Å². The molecule has 8 heteroatoms. The van der Waals surface area contributed by atoms with Crippen molar-refractivity contribution in [3.63, 3.8) is 0 Å². The largest absolute Gasteiger partial charge is 0.492 e. The van der Waals surface area contributed by atoms with Gasteiger partial charge in [0.15, 0.2) is 8.32 Å². The number of sulfonamides is 1. The molecule has 0 aromatic heterocycles. The third-order valence-corrected chi connectivity index (χ3v) is 12.4. The zero-order chi connectivity index (χ0) is 26.2. The second-order valence-electron chi connectivity index (χ2n) is 10.3. The smallest absolute Gasteiger partial charge is 0.241 e. The predicted octanol–water partition coefficient (Wildman–Crippen LogP) is 6.01. The second kappa shape index (κ2) is 12.1. The van der Waals surface area contributed by atoms with Crippen LogP contribution in [-0.4, -0.2) is 36.0 Å². The SMILES string of the molecule is CC(C)(C)[Si](C)(C)OCC(COc1ccc(OCc2ccccc2)cc1)NS(=O)(=O)c1ccccc1. The Morgan fingerprint density at radius 1 is 0.778 bits per heavy atom. The van der Waals surface area contributed by atoms with Crippen LogP contribution in [-0.2, 0) is 21.1 Å². The van der Waals surface area contributed by atoms with Crippen LogP contribution in [0, 0.1) is 0 Å². The molecule has 194 valence electrons. The number of hydrogen-bond donors (Lipinski definition) is 1. The first kappa shape index (κ1) is 27.9. The van der Waals surface area contributed by atoms with E-state index in [2.05, 4.69) is 38.6 Å². The molecule has 0 amide bonds.